The second-order valence-corrected chi connectivity index (χ2v) is 5.13. The van der Waals surface area contributed by atoms with Crippen molar-refractivity contribution in [3.05, 3.63) is 23.3 Å². The number of rotatable bonds is 3. The number of hydrogen-bond donors (Lipinski definition) is 2. The minimum Gasteiger partial charge on any atom is -0.465 e. The SMILES string of the molecule is COC(=O)c1cc(N)c(C=NC2CCCCC2)cc1N. The second kappa shape index (κ2) is 6.41. The van der Waals surface area contributed by atoms with Gasteiger partial charge >= 0.3 is 5.97 Å². The van der Waals surface area contributed by atoms with Gasteiger partial charge in [0.15, 0.2) is 0 Å². The molecule has 108 valence electrons. The van der Waals surface area contributed by atoms with Crippen LogP contribution in [0.25, 0.3) is 0 Å². The fourth-order valence-electron chi connectivity index (χ4n) is 2.47. The van der Waals surface area contributed by atoms with Crippen LogP contribution in [0, 0.1) is 0 Å². The van der Waals surface area contributed by atoms with Crippen molar-refractivity contribution in [1.29, 1.82) is 0 Å². The van der Waals surface area contributed by atoms with E-state index in [9.17, 15) is 4.79 Å². The van der Waals surface area contributed by atoms with E-state index in [1.165, 1.54) is 26.4 Å². The van der Waals surface area contributed by atoms with Gasteiger partial charge in [-0.15, -0.1) is 0 Å². The molecule has 0 amide bonds. The minimum atomic E-state index is -0.482. The summed E-state index contributed by atoms with van der Waals surface area (Å²) in [6.45, 7) is 0. The van der Waals surface area contributed by atoms with Crippen molar-refractivity contribution >= 4 is 23.6 Å². The van der Waals surface area contributed by atoms with Crippen LogP contribution in [0.1, 0.15) is 48.0 Å². The molecule has 4 N–H and O–H groups in total. The zero-order valence-electron chi connectivity index (χ0n) is 11.8. The minimum absolute atomic E-state index is 0.291. The molecule has 20 heavy (non-hydrogen) atoms. The van der Waals surface area contributed by atoms with Gasteiger partial charge in [0, 0.05) is 29.2 Å². The Labute approximate surface area is 119 Å². The van der Waals surface area contributed by atoms with E-state index in [-0.39, 0.29) is 0 Å². The van der Waals surface area contributed by atoms with E-state index in [0.717, 1.165) is 18.4 Å². The molecule has 1 aliphatic carbocycles. The van der Waals surface area contributed by atoms with Crippen LogP contribution in [-0.2, 0) is 4.74 Å². The lowest BCUT2D eigenvalue weighted by Crippen LogP contribution is -2.11. The molecule has 0 saturated heterocycles. The van der Waals surface area contributed by atoms with Gasteiger partial charge in [-0.05, 0) is 25.0 Å². The number of nitrogens with two attached hydrogens (primary N) is 2. The van der Waals surface area contributed by atoms with Crippen LogP contribution >= 0.6 is 0 Å². The summed E-state index contributed by atoms with van der Waals surface area (Å²) in [7, 11) is 1.32. The maximum Gasteiger partial charge on any atom is 0.340 e. The third-order valence-electron chi connectivity index (χ3n) is 3.66. The molecule has 0 radical (unpaired) electrons. The van der Waals surface area contributed by atoms with E-state index in [2.05, 4.69) is 9.73 Å². The van der Waals surface area contributed by atoms with Gasteiger partial charge in [0.05, 0.1) is 12.7 Å². The molecule has 1 aromatic carbocycles. The monoisotopic (exact) mass is 275 g/mol. The van der Waals surface area contributed by atoms with Gasteiger partial charge in [0.2, 0.25) is 0 Å². The van der Waals surface area contributed by atoms with Crippen molar-refractivity contribution in [2.75, 3.05) is 18.6 Å². The molecule has 0 aliphatic heterocycles. The summed E-state index contributed by atoms with van der Waals surface area (Å²) in [5.41, 5.74) is 13.7. The molecule has 1 saturated carbocycles. The average molecular weight is 275 g/mol. The zero-order chi connectivity index (χ0) is 14.5. The lowest BCUT2D eigenvalue weighted by Gasteiger charge is -2.17. The molecule has 0 heterocycles. The van der Waals surface area contributed by atoms with Crippen molar-refractivity contribution < 1.29 is 9.53 Å². The van der Waals surface area contributed by atoms with Gasteiger partial charge in [-0.2, -0.15) is 0 Å². The van der Waals surface area contributed by atoms with Gasteiger partial charge in [-0.25, -0.2) is 4.79 Å². The van der Waals surface area contributed by atoms with Crippen molar-refractivity contribution in [2.45, 2.75) is 38.1 Å². The summed E-state index contributed by atoms with van der Waals surface area (Å²) in [5.74, 6) is -0.482. The van der Waals surface area contributed by atoms with Crippen molar-refractivity contribution in [3.63, 3.8) is 0 Å². The number of anilines is 2. The summed E-state index contributed by atoms with van der Waals surface area (Å²) >= 11 is 0. The van der Waals surface area contributed by atoms with E-state index >= 15 is 0 Å². The van der Waals surface area contributed by atoms with Gasteiger partial charge in [-0.1, -0.05) is 19.3 Å². The Morgan fingerprint density at radius 2 is 1.95 bits per heavy atom. The smallest absolute Gasteiger partial charge is 0.340 e. The number of nitrogen functional groups attached to an aromatic ring is 2. The molecule has 5 nitrogen and oxygen atoms in total. The Hall–Kier alpha value is -2.04. The maximum absolute atomic E-state index is 11.5. The molecule has 5 heteroatoms. The number of methoxy groups -OCH3 is 1. The van der Waals surface area contributed by atoms with Crippen LogP contribution in [-0.4, -0.2) is 25.3 Å². The summed E-state index contributed by atoms with van der Waals surface area (Å²) in [4.78, 5) is 16.1. The standard InChI is InChI=1S/C15H21N3O2/c1-20-15(19)12-8-13(16)10(7-14(12)17)9-18-11-5-3-2-4-6-11/h7-9,11H,2-6,16-17H2,1H3. The predicted octanol–water partition coefficient (Wildman–Crippen LogP) is 2.39. The lowest BCUT2D eigenvalue weighted by atomic mass is 9.96. The fourth-order valence-corrected chi connectivity index (χ4v) is 2.47. The van der Waals surface area contributed by atoms with Crippen LogP contribution in [0.3, 0.4) is 0 Å². The highest BCUT2D eigenvalue weighted by Crippen LogP contribution is 2.23. The highest BCUT2D eigenvalue weighted by atomic mass is 16.5. The van der Waals surface area contributed by atoms with Crippen molar-refractivity contribution in [3.8, 4) is 0 Å². The molecule has 1 aromatic rings. The van der Waals surface area contributed by atoms with Crippen molar-refractivity contribution in [1.82, 2.24) is 0 Å². The Balaban J connectivity index is 2.18. The average Bonchev–Trinajstić information content (AvgIpc) is 2.48. The van der Waals surface area contributed by atoms with Gasteiger partial charge < -0.3 is 16.2 Å². The third kappa shape index (κ3) is 3.29. The molecule has 0 unspecified atom stereocenters. The molecule has 2 rings (SSSR count). The van der Waals surface area contributed by atoms with E-state index in [1.807, 2.05) is 0 Å². The molecular formula is C15H21N3O2. The third-order valence-corrected chi connectivity index (χ3v) is 3.66. The van der Waals surface area contributed by atoms with E-state index in [1.54, 1.807) is 18.3 Å². The van der Waals surface area contributed by atoms with Crippen LogP contribution < -0.4 is 11.5 Å². The maximum atomic E-state index is 11.5. The van der Waals surface area contributed by atoms with Gasteiger partial charge in [0.25, 0.3) is 0 Å². The summed E-state index contributed by atoms with van der Waals surface area (Å²) in [6.07, 6.45) is 7.80. The predicted molar refractivity (Wildman–Crippen MR) is 81.1 cm³/mol. The van der Waals surface area contributed by atoms with E-state index in [4.69, 9.17) is 11.5 Å². The van der Waals surface area contributed by atoms with Gasteiger partial charge in [0.1, 0.15) is 0 Å². The highest BCUT2D eigenvalue weighted by molar-refractivity contribution is 5.99. The Morgan fingerprint density at radius 1 is 1.25 bits per heavy atom. The number of carbonyl (C=O) groups excluding carboxylic acids is 1. The fraction of sp³-hybridized carbons (Fsp3) is 0.467. The number of ether oxygens (including phenoxy) is 1. The van der Waals surface area contributed by atoms with E-state index < -0.39 is 5.97 Å². The lowest BCUT2D eigenvalue weighted by molar-refractivity contribution is 0.0602. The first-order valence-corrected chi connectivity index (χ1v) is 6.92. The summed E-state index contributed by atoms with van der Waals surface area (Å²) < 4.78 is 4.66. The van der Waals surface area contributed by atoms with E-state index in [0.29, 0.717) is 23.0 Å². The first-order valence-electron chi connectivity index (χ1n) is 6.92. The number of benzene rings is 1. The highest BCUT2D eigenvalue weighted by Gasteiger charge is 2.14. The quantitative estimate of drug-likeness (QED) is 0.503. The number of esters is 1. The Kier molecular flexibility index (Phi) is 4.61. The number of aliphatic imine (C=N–C) groups is 1. The van der Waals surface area contributed by atoms with Crippen LogP contribution in [0.4, 0.5) is 11.4 Å². The van der Waals surface area contributed by atoms with Crippen LogP contribution in [0.5, 0.6) is 0 Å². The first kappa shape index (κ1) is 14.4. The molecular weight excluding hydrogens is 254 g/mol. The largest absolute Gasteiger partial charge is 0.465 e. The molecule has 0 spiro atoms. The van der Waals surface area contributed by atoms with Crippen LogP contribution in [0.15, 0.2) is 17.1 Å². The molecule has 1 fully saturated rings. The Bertz CT molecular complexity index is 520. The molecule has 0 bridgehead atoms. The summed E-state index contributed by atoms with van der Waals surface area (Å²) in [5, 5.41) is 0. The number of carbonyl (C=O) groups is 1. The topological polar surface area (TPSA) is 90.7 Å². The molecule has 1 aliphatic rings. The first-order chi connectivity index (χ1) is 9.61. The normalized spacial score (nSPS) is 16.4. The molecule has 0 atom stereocenters. The molecule has 0 aromatic heterocycles. The summed E-state index contributed by atoms with van der Waals surface area (Å²) in [6, 6.07) is 3.60. The number of nitrogens with zero attached hydrogens (tertiary/aromatic N) is 1. The van der Waals surface area contributed by atoms with Gasteiger partial charge in [-0.3, -0.25) is 4.99 Å². The van der Waals surface area contributed by atoms with Crippen molar-refractivity contribution in [2.24, 2.45) is 4.99 Å². The Morgan fingerprint density at radius 3 is 2.60 bits per heavy atom. The number of hydrogen-bond acceptors (Lipinski definition) is 5. The van der Waals surface area contributed by atoms with Crippen LogP contribution in [0.2, 0.25) is 0 Å². The second-order valence-electron chi connectivity index (χ2n) is 5.13. The zero-order valence-corrected chi connectivity index (χ0v) is 11.8.